The number of hydrogen-bond acceptors (Lipinski definition) is 3. The molecule has 2 aromatic rings. The lowest BCUT2D eigenvalue weighted by atomic mass is 10.0. The maximum Gasteiger partial charge on any atom is 0.254 e. The Bertz CT molecular complexity index is 682. The van der Waals surface area contributed by atoms with Gasteiger partial charge in [-0.1, -0.05) is 19.1 Å². The largest absolute Gasteiger partial charge is 0.393 e. The van der Waals surface area contributed by atoms with Crippen molar-refractivity contribution in [2.24, 2.45) is 5.92 Å². The molecular formula is C17H22FN3O2. The number of benzene rings is 1. The summed E-state index contributed by atoms with van der Waals surface area (Å²) in [5.41, 5.74) is 1.31. The number of carbonyl (C=O) groups excluding carboxylic acids is 1. The Balaban J connectivity index is 2.10. The van der Waals surface area contributed by atoms with Gasteiger partial charge in [0.05, 0.1) is 23.6 Å². The quantitative estimate of drug-likeness (QED) is 0.859. The molecule has 5 nitrogen and oxygen atoms in total. The van der Waals surface area contributed by atoms with Gasteiger partial charge in [-0.2, -0.15) is 5.10 Å². The van der Waals surface area contributed by atoms with E-state index in [-0.39, 0.29) is 11.8 Å². The minimum atomic E-state index is -0.396. The van der Waals surface area contributed by atoms with Gasteiger partial charge in [-0.3, -0.25) is 4.79 Å². The van der Waals surface area contributed by atoms with E-state index in [1.54, 1.807) is 32.0 Å². The summed E-state index contributed by atoms with van der Waals surface area (Å²) in [5.74, 6) is -0.473. The fourth-order valence-electron chi connectivity index (χ4n) is 2.53. The van der Waals surface area contributed by atoms with Gasteiger partial charge < -0.3 is 10.4 Å². The molecule has 0 spiro atoms. The summed E-state index contributed by atoms with van der Waals surface area (Å²) in [6.07, 6.45) is 1.66. The van der Waals surface area contributed by atoms with Gasteiger partial charge >= 0.3 is 0 Å². The Morgan fingerprint density at radius 3 is 2.74 bits per heavy atom. The molecule has 1 heterocycles. The van der Waals surface area contributed by atoms with Crippen molar-refractivity contribution in [2.75, 3.05) is 6.54 Å². The van der Waals surface area contributed by atoms with Gasteiger partial charge in [0, 0.05) is 6.54 Å². The lowest BCUT2D eigenvalue weighted by molar-refractivity contribution is 0.0938. The van der Waals surface area contributed by atoms with E-state index in [1.807, 2.05) is 6.92 Å². The molecule has 2 unspecified atom stereocenters. The number of halogens is 1. The predicted molar refractivity (Wildman–Crippen MR) is 86.1 cm³/mol. The van der Waals surface area contributed by atoms with E-state index in [0.29, 0.717) is 29.9 Å². The summed E-state index contributed by atoms with van der Waals surface area (Å²) in [6, 6.07) is 6.29. The molecule has 6 heteroatoms. The average Bonchev–Trinajstić information content (AvgIpc) is 2.86. The summed E-state index contributed by atoms with van der Waals surface area (Å²) >= 11 is 0. The smallest absolute Gasteiger partial charge is 0.254 e. The van der Waals surface area contributed by atoms with Crippen molar-refractivity contribution in [1.29, 1.82) is 0 Å². The summed E-state index contributed by atoms with van der Waals surface area (Å²) in [6.45, 7) is 5.88. The van der Waals surface area contributed by atoms with Crippen molar-refractivity contribution in [3.05, 3.63) is 47.5 Å². The van der Waals surface area contributed by atoms with Crippen LogP contribution in [-0.2, 0) is 0 Å². The first kappa shape index (κ1) is 17.1. The second kappa shape index (κ2) is 7.37. The van der Waals surface area contributed by atoms with E-state index < -0.39 is 11.9 Å². The lowest BCUT2D eigenvalue weighted by Crippen LogP contribution is -2.29. The highest BCUT2D eigenvalue weighted by Gasteiger charge is 2.17. The number of aliphatic hydroxyl groups is 1. The van der Waals surface area contributed by atoms with Crippen LogP contribution in [0.5, 0.6) is 0 Å². The highest BCUT2D eigenvalue weighted by molar-refractivity contribution is 5.95. The molecule has 0 saturated heterocycles. The monoisotopic (exact) mass is 319 g/mol. The maximum atomic E-state index is 13.9. The van der Waals surface area contributed by atoms with Crippen molar-refractivity contribution < 1.29 is 14.3 Å². The number of aromatic nitrogens is 2. The van der Waals surface area contributed by atoms with Crippen molar-refractivity contribution in [3.63, 3.8) is 0 Å². The van der Waals surface area contributed by atoms with Crippen LogP contribution in [0.3, 0.4) is 0 Å². The van der Waals surface area contributed by atoms with Crippen molar-refractivity contribution in [2.45, 2.75) is 33.3 Å². The van der Waals surface area contributed by atoms with Crippen LogP contribution in [0.2, 0.25) is 0 Å². The van der Waals surface area contributed by atoms with Crippen LogP contribution in [0.1, 0.15) is 36.3 Å². The molecule has 0 saturated carbocycles. The Morgan fingerprint density at radius 1 is 1.39 bits per heavy atom. The molecular weight excluding hydrogens is 297 g/mol. The van der Waals surface area contributed by atoms with Crippen molar-refractivity contribution in [1.82, 2.24) is 15.1 Å². The van der Waals surface area contributed by atoms with Gasteiger partial charge in [-0.15, -0.1) is 0 Å². The first-order valence-electron chi connectivity index (χ1n) is 7.66. The van der Waals surface area contributed by atoms with Crippen LogP contribution < -0.4 is 5.32 Å². The number of hydrogen-bond donors (Lipinski definition) is 2. The average molecular weight is 319 g/mol. The molecule has 0 aliphatic heterocycles. The summed E-state index contributed by atoms with van der Waals surface area (Å²) in [5, 5.41) is 16.3. The second-order valence-corrected chi connectivity index (χ2v) is 5.91. The number of nitrogens with one attached hydrogen (secondary N) is 1. The zero-order chi connectivity index (χ0) is 17.0. The summed E-state index contributed by atoms with van der Waals surface area (Å²) in [7, 11) is 0. The molecule has 1 amide bonds. The van der Waals surface area contributed by atoms with Gasteiger partial charge in [0.2, 0.25) is 0 Å². The Kier molecular flexibility index (Phi) is 5.50. The SMILES string of the molecule is Cc1c(C(=O)NCC(C)CC(C)O)cnn1-c1ccccc1F. The van der Waals surface area contributed by atoms with E-state index in [4.69, 9.17) is 0 Å². The molecule has 1 aromatic carbocycles. The van der Waals surface area contributed by atoms with Gasteiger partial charge in [-0.05, 0) is 38.3 Å². The Hall–Kier alpha value is -2.21. The van der Waals surface area contributed by atoms with Gasteiger partial charge in [0.15, 0.2) is 0 Å². The van der Waals surface area contributed by atoms with E-state index in [9.17, 15) is 14.3 Å². The van der Waals surface area contributed by atoms with Gasteiger partial charge in [0.1, 0.15) is 11.5 Å². The molecule has 124 valence electrons. The lowest BCUT2D eigenvalue weighted by Gasteiger charge is -2.14. The predicted octanol–water partition coefficient (Wildman–Crippen LogP) is 2.46. The standard InChI is InChI=1S/C17H22FN3O2/c1-11(8-12(2)22)9-19-17(23)14-10-20-21(13(14)3)16-7-5-4-6-15(16)18/h4-7,10-12,22H,8-9H2,1-3H3,(H,19,23). The van der Waals surface area contributed by atoms with Gasteiger partial charge in [0.25, 0.3) is 5.91 Å². The highest BCUT2D eigenvalue weighted by Crippen LogP contribution is 2.17. The van der Waals surface area contributed by atoms with Crippen LogP contribution in [0.4, 0.5) is 4.39 Å². The van der Waals surface area contributed by atoms with E-state index in [0.717, 1.165) is 0 Å². The molecule has 2 N–H and O–H groups in total. The van der Waals surface area contributed by atoms with Crippen LogP contribution in [0, 0.1) is 18.7 Å². The number of amides is 1. The van der Waals surface area contributed by atoms with E-state index >= 15 is 0 Å². The summed E-state index contributed by atoms with van der Waals surface area (Å²) in [4.78, 5) is 12.3. The maximum absolute atomic E-state index is 13.9. The number of nitrogens with zero attached hydrogens (tertiary/aromatic N) is 2. The Morgan fingerprint density at radius 2 is 2.09 bits per heavy atom. The summed E-state index contributed by atoms with van der Waals surface area (Å²) < 4.78 is 15.3. The normalized spacial score (nSPS) is 13.6. The zero-order valence-corrected chi connectivity index (χ0v) is 13.6. The van der Waals surface area contributed by atoms with Gasteiger partial charge in [-0.25, -0.2) is 9.07 Å². The minimum absolute atomic E-state index is 0.167. The number of carbonyl (C=O) groups is 1. The fourth-order valence-corrected chi connectivity index (χ4v) is 2.53. The van der Waals surface area contributed by atoms with Crippen LogP contribution in [-0.4, -0.2) is 33.4 Å². The minimum Gasteiger partial charge on any atom is -0.393 e. The van der Waals surface area contributed by atoms with Crippen LogP contribution >= 0.6 is 0 Å². The zero-order valence-electron chi connectivity index (χ0n) is 13.6. The third kappa shape index (κ3) is 4.16. The first-order valence-corrected chi connectivity index (χ1v) is 7.66. The molecule has 0 bridgehead atoms. The molecule has 23 heavy (non-hydrogen) atoms. The molecule has 2 rings (SSSR count). The highest BCUT2D eigenvalue weighted by atomic mass is 19.1. The van der Waals surface area contributed by atoms with E-state index in [2.05, 4.69) is 10.4 Å². The van der Waals surface area contributed by atoms with Crippen molar-refractivity contribution >= 4 is 5.91 Å². The molecule has 0 fully saturated rings. The number of para-hydroxylation sites is 1. The Labute approximate surface area is 135 Å². The number of rotatable bonds is 6. The fraction of sp³-hybridized carbons (Fsp3) is 0.412. The molecule has 1 aromatic heterocycles. The van der Waals surface area contributed by atoms with Crippen LogP contribution in [0.25, 0.3) is 5.69 Å². The first-order chi connectivity index (χ1) is 10.9. The molecule has 0 radical (unpaired) electrons. The van der Waals surface area contributed by atoms with Crippen molar-refractivity contribution in [3.8, 4) is 5.69 Å². The molecule has 0 aliphatic carbocycles. The van der Waals surface area contributed by atoms with E-state index in [1.165, 1.54) is 16.9 Å². The van der Waals surface area contributed by atoms with Crippen LogP contribution in [0.15, 0.2) is 30.5 Å². The second-order valence-electron chi connectivity index (χ2n) is 5.91. The number of aliphatic hydroxyl groups excluding tert-OH is 1. The molecule has 0 aliphatic rings. The third-order valence-electron chi connectivity index (χ3n) is 3.69. The topological polar surface area (TPSA) is 67.2 Å². The molecule has 2 atom stereocenters. The third-order valence-corrected chi connectivity index (χ3v) is 3.69.